The van der Waals surface area contributed by atoms with Gasteiger partial charge in [0.25, 0.3) is 0 Å². The second-order valence-electron chi connectivity index (χ2n) is 6.11. The average molecular weight is 366 g/mol. The molecule has 2 aromatic rings. The molecule has 0 aromatic carbocycles. The van der Waals surface area contributed by atoms with Crippen LogP contribution >= 0.6 is 23.1 Å². The van der Waals surface area contributed by atoms with Crippen LogP contribution in [-0.2, 0) is 4.79 Å². The molecular formula is C16H23N5OS2. The van der Waals surface area contributed by atoms with Crippen molar-refractivity contribution in [3.63, 3.8) is 0 Å². The Morgan fingerprint density at radius 3 is 2.79 bits per heavy atom. The Labute approximate surface area is 150 Å². The largest absolute Gasteiger partial charge is 0.352 e. The lowest BCUT2D eigenvalue weighted by atomic mass is 10.1. The van der Waals surface area contributed by atoms with E-state index in [1.54, 1.807) is 11.3 Å². The first kappa shape index (κ1) is 17.3. The summed E-state index contributed by atoms with van der Waals surface area (Å²) in [5.41, 5.74) is 0. The standard InChI is InChI=1S/C16H23N5OS2/c1-11(15(22)18-12-7-4-2-3-5-8-12)24-16-20-19-14(21(16)17)13-9-6-10-23-13/h6,9-12H,2-5,7-8,17H2,1H3,(H,18,22)/t11-/m0/s1. The van der Waals surface area contributed by atoms with Gasteiger partial charge in [0.1, 0.15) is 0 Å². The molecule has 1 aliphatic carbocycles. The van der Waals surface area contributed by atoms with E-state index in [-0.39, 0.29) is 11.2 Å². The summed E-state index contributed by atoms with van der Waals surface area (Å²) in [4.78, 5) is 13.4. The number of hydrogen-bond donors (Lipinski definition) is 2. The van der Waals surface area contributed by atoms with E-state index >= 15 is 0 Å². The molecule has 8 heteroatoms. The number of nitrogens with zero attached hydrogens (tertiary/aromatic N) is 3. The summed E-state index contributed by atoms with van der Waals surface area (Å²) in [6.07, 6.45) is 7.12. The maximum Gasteiger partial charge on any atom is 0.233 e. The minimum absolute atomic E-state index is 0.0487. The highest BCUT2D eigenvalue weighted by Crippen LogP contribution is 2.27. The van der Waals surface area contributed by atoms with Gasteiger partial charge in [0.15, 0.2) is 5.82 Å². The van der Waals surface area contributed by atoms with Crippen molar-refractivity contribution in [1.29, 1.82) is 0 Å². The topological polar surface area (TPSA) is 85.8 Å². The summed E-state index contributed by atoms with van der Waals surface area (Å²) in [6, 6.07) is 4.21. The molecule has 0 spiro atoms. The van der Waals surface area contributed by atoms with Gasteiger partial charge in [-0.15, -0.1) is 21.5 Å². The maximum absolute atomic E-state index is 12.4. The van der Waals surface area contributed by atoms with Crippen LogP contribution in [0, 0.1) is 0 Å². The van der Waals surface area contributed by atoms with Gasteiger partial charge in [0, 0.05) is 6.04 Å². The number of thiophene rings is 1. The van der Waals surface area contributed by atoms with E-state index in [0.29, 0.717) is 17.0 Å². The predicted octanol–water partition coefficient (Wildman–Crippen LogP) is 3.04. The average Bonchev–Trinajstić information content (AvgIpc) is 3.13. The molecule has 1 amide bonds. The van der Waals surface area contributed by atoms with Crippen molar-refractivity contribution in [2.24, 2.45) is 0 Å². The van der Waals surface area contributed by atoms with E-state index < -0.39 is 0 Å². The van der Waals surface area contributed by atoms with Gasteiger partial charge in [-0.05, 0) is 31.2 Å². The zero-order valence-corrected chi connectivity index (χ0v) is 15.4. The molecule has 1 saturated carbocycles. The first-order valence-electron chi connectivity index (χ1n) is 8.36. The number of aromatic nitrogens is 3. The van der Waals surface area contributed by atoms with Crippen molar-refractivity contribution < 1.29 is 4.79 Å². The molecule has 24 heavy (non-hydrogen) atoms. The summed E-state index contributed by atoms with van der Waals surface area (Å²) >= 11 is 2.91. The van der Waals surface area contributed by atoms with Gasteiger partial charge in [0.2, 0.25) is 11.1 Å². The lowest BCUT2D eigenvalue weighted by Crippen LogP contribution is -2.39. The van der Waals surface area contributed by atoms with E-state index in [9.17, 15) is 4.79 Å². The number of hydrogen-bond acceptors (Lipinski definition) is 6. The van der Waals surface area contributed by atoms with Crippen LogP contribution in [0.15, 0.2) is 22.7 Å². The molecule has 0 unspecified atom stereocenters. The predicted molar refractivity (Wildman–Crippen MR) is 98.4 cm³/mol. The molecule has 2 aromatic heterocycles. The van der Waals surface area contributed by atoms with Gasteiger partial charge in [-0.3, -0.25) is 4.79 Å². The smallest absolute Gasteiger partial charge is 0.233 e. The minimum atomic E-state index is -0.254. The highest BCUT2D eigenvalue weighted by atomic mass is 32.2. The van der Waals surface area contributed by atoms with E-state index in [2.05, 4.69) is 15.5 Å². The second kappa shape index (κ2) is 8.02. The fraction of sp³-hybridized carbons (Fsp3) is 0.562. The summed E-state index contributed by atoms with van der Waals surface area (Å²) in [5.74, 6) is 6.77. The lowest BCUT2D eigenvalue weighted by molar-refractivity contribution is -0.121. The van der Waals surface area contributed by atoms with Crippen LogP contribution < -0.4 is 11.2 Å². The number of carbonyl (C=O) groups excluding carboxylic acids is 1. The Hall–Kier alpha value is -1.54. The number of thioether (sulfide) groups is 1. The second-order valence-corrected chi connectivity index (χ2v) is 8.37. The quantitative estimate of drug-likeness (QED) is 0.483. The third-order valence-corrected chi connectivity index (χ3v) is 6.18. The van der Waals surface area contributed by atoms with Crippen LogP contribution in [0.1, 0.15) is 45.4 Å². The highest BCUT2D eigenvalue weighted by Gasteiger charge is 2.22. The Kier molecular flexibility index (Phi) is 5.78. The summed E-state index contributed by atoms with van der Waals surface area (Å²) in [6.45, 7) is 1.89. The van der Waals surface area contributed by atoms with Crippen LogP contribution in [0.3, 0.4) is 0 Å². The van der Waals surface area contributed by atoms with Crippen LogP contribution in [0.2, 0.25) is 0 Å². The fourth-order valence-corrected chi connectivity index (χ4v) is 4.37. The number of nitrogen functional groups attached to an aromatic ring is 1. The number of nitrogens with one attached hydrogen (secondary N) is 1. The van der Waals surface area contributed by atoms with Crippen molar-refractivity contribution in [2.45, 2.75) is 61.9 Å². The van der Waals surface area contributed by atoms with Crippen molar-refractivity contribution in [3.05, 3.63) is 17.5 Å². The van der Waals surface area contributed by atoms with Gasteiger partial charge < -0.3 is 11.2 Å². The van der Waals surface area contributed by atoms with Crippen LogP contribution in [-0.4, -0.2) is 32.1 Å². The molecule has 1 fully saturated rings. The summed E-state index contributed by atoms with van der Waals surface area (Å²) in [5, 5.41) is 13.7. The molecular weight excluding hydrogens is 342 g/mol. The molecule has 1 aliphatic rings. The van der Waals surface area contributed by atoms with Gasteiger partial charge >= 0.3 is 0 Å². The zero-order chi connectivity index (χ0) is 16.9. The SMILES string of the molecule is C[C@H](Sc1nnc(-c2cccs2)n1N)C(=O)NC1CCCCCC1. The summed E-state index contributed by atoms with van der Waals surface area (Å²) in [7, 11) is 0. The fourth-order valence-electron chi connectivity index (χ4n) is 2.89. The van der Waals surface area contributed by atoms with Gasteiger partial charge in [0.05, 0.1) is 10.1 Å². The van der Waals surface area contributed by atoms with E-state index in [0.717, 1.165) is 17.7 Å². The van der Waals surface area contributed by atoms with Crippen LogP contribution in [0.5, 0.6) is 0 Å². The molecule has 2 heterocycles. The van der Waals surface area contributed by atoms with Crippen molar-refractivity contribution >= 4 is 29.0 Å². The third kappa shape index (κ3) is 4.10. The number of carbonyl (C=O) groups is 1. The number of nitrogens with two attached hydrogens (primary N) is 1. The van der Waals surface area contributed by atoms with Crippen molar-refractivity contribution in [2.75, 3.05) is 5.84 Å². The van der Waals surface area contributed by atoms with E-state index in [4.69, 9.17) is 5.84 Å². The maximum atomic E-state index is 12.4. The highest BCUT2D eigenvalue weighted by molar-refractivity contribution is 8.00. The molecule has 3 N–H and O–H groups in total. The Balaban J connectivity index is 1.60. The van der Waals surface area contributed by atoms with E-state index in [1.807, 2.05) is 24.4 Å². The van der Waals surface area contributed by atoms with Crippen LogP contribution in [0.4, 0.5) is 0 Å². The molecule has 1 atom stereocenters. The zero-order valence-electron chi connectivity index (χ0n) is 13.8. The number of rotatable bonds is 5. The minimum Gasteiger partial charge on any atom is -0.352 e. The van der Waals surface area contributed by atoms with Crippen LogP contribution in [0.25, 0.3) is 10.7 Å². The molecule has 0 saturated heterocycles. The van der Waals surface area contributed by atoms with Crippen molar-refractivity contribution in [1.82, 2.24) is 20.2 Å². The Morgan fingerprint density at radius 1 is 1.38 bits per heavy atom. The molecule has 3 rings (SSSR count). The molecule has 0 bridgehead atoms. The lowest BCUT2D eigenvalue weighted by Gasteiger charge is -2.18. The summed E-state index contributed by atoms with van der Waals surface area (Å²) < 4.78 is 1.46. The first-order valence-corrected chi connectivity index (χ1v) is 10.1. The molecule has 130 valence electrons. The van der Waals surface area contributed by atoms with Gasteiger partial charge in [-0.1, -0.05) is 43.5 Å². The first-order chi connectivity index (χ1) is 11.6. The molecule has 0 radical (unpaired) electrons. The number of amides is 1. The molecule has 0 aliphatic heterocycles. The van der Waals surface area contributed by atoms with Crippen molar-refractivity contribution in [3.8, 4) is 10.7 Å². The van der Waals surface area contributed by atoms with Gasteiger partial charge in [-0.25, -0.2) is 4.68 Å². The Bertz CT molecular complexity index is 662. The normalized spacial score (nSPS) is 17.4. The molecule has 6 nitrogen and oxygen atoms in total. The monoisotopic (exact) mass is 365 g/mol. The Morgan fingerprint density at radius 2 is 2.12 bits per heavy atom. The van der Waals surface area contributed by atoms with E-state index in [1.165, 1.54) is 42.1 Å². The third-order valence-electron chi connectivity index (χ3n) is 4.26. The van der Waals surface area contributed by atoms with Gasteiger partial charge in [-0.2, -0.15) is 0 Å².